The van der Waals surface area contributed by atoms with Gasteiger partial charge >= 0.3 is 0 Å². The second kappa shape index (κ2) is 7.75. The molecule has 0 bridgehead atoms. The topological polar surface area (TPSA) is 70.6 Å². The van der Waals surface area contributed by atoms with E-state index in [1.165, 1.54) is 5.56 Å². The summed E-state index contributed by atoms with van der Waals surface area (Å²) in [7, 11) is 0. The predicted molar refractivity (Wildman–Crippen MR) is 101 cm³/mol. The van der Waals surface area contributed by atoms with E-state index in [2.05, 4.69) is 15.8 Å². The van der Waals surface area contributed by atoms with Gasteiger partial charge < -0.3 is 5.32 Å². The van der Waals surface area contributed by atoms with Gasteiger partial charge in [0.15, 0.2) is 0 Å². The molecule has 2 amide bonds. The van der Waals surface area contributed by atoms with Gasteiger partial charge in [-0.3, -0.25) is 9.59 Å². The Morgan fingerprint density at radius 2 is 1.56 bits per heavy atom. The third kappa shape index (κ3) is 5.57. The number of hydrazone groups is 1. The van der Waals surface area contributed by atoms with E-state index in [-0.39, 0.29) is 11.8 Å². The molecular formula is C20H23N3O2. The van der Waals surface area contributed by atoms with Gasteiger partial charge in [0.2, 0.25) is 5.91 Å². The largest absolute Gasteiger partial charge is 0.326 e. The van der Waals surface area contributed by atoms with Crippen molar-refractivity contribution >= 4 is 23.7 Å². The Morgan fingerprint density at radius 1 is 0.960 bits per heavy atom. The molecule has 2 N–H and O–H groups in total. The van der Waals surface area contributed by atoms with E-state index in [1.54, 1.807) is 30.5 Å². The Bertz CT molecular complexity index is 770. The summed E-state index contributed by atoms with van der Waals surface area (Å²) in [4.78, 5) is 24.0. The summed E-state index contributed by atoms with van der Waals surface area (Å²) in [6, 6.07) is 14.5. The summed E-state index contributed by atoms with van der Waals surface area (Å²) in [5, 5.41) is 6.77. The van der Waals surface area contributed by atoms with Gasteiger partial charge in [0.25, 0.3) is 5.91 Å². The van der Waals surface area contributed by atoms with Crippen molar-refractivity contribution in [1.82, 2.24) is 5.43 Å². The van der Waals surface area contributed by atoms with Gasteiger partial charge in [0.1, 0.15) is 0 Å². The first-order valence-corrected chi connectivity index (χ1v) is 8.07. The molecule has 5 nitrogen and oxygen atoms in total. The molecule has 5 heteroatoms. The zero-order chi connectivity index (χ0) is 18.4. The van der Waals surface area contributed by atoms with E-state index in [0.717, 1.165) is 5.56 Å². The van der Waals surface area contributed by atoms with E-state index < -0.39 is 5.41 Å². The van der Waals surface area contributed by atoms with E-state index in [4.69, 9.17) is 0 Å². The van der Waals surface area contributed by atoms with E-state index in [9.17, 15) is 9.59 Å². The average Bonchev–Trinajstić information content (AvgIpc) is 2.56. The smallest absolute Gasteiger partial charge is 0.271 e. The summed E-state index contributed by atoms with van der Waals surface area (Å²) in [6.45, 7) is 7.54. The fourth-order valence-corrected chi connectivity index (χ4v) is 1.91. The van der Waals surface area contributed by atoms with Crippen LogP contribution in [0.25, 0.3) is 0 Å². The average molecular weight is 337 g/mol. The Hall–Kier alpha value is -2.95. The molecule has 2 rings (SSSR count). The Labute approximate surface area is 148 Å². The van der Waals surface area contributed by atoms with E-state index in [1.807, 2.05) is 52.0 Å². The fourth-order valence-electron chi connectivity index (χ4n) is 1.91. The standard InChI is InChI=1S/C20H23N3O2/c1-14-5-7-15(8-6-14)13-21-23-18(24)16-9-11-17(12-10-16)22-19(25)20(2,3)4/h5-13H,1-4H3,(H,22,25)(H,23,24)/b21-13-. The van der Waals surface area contributed by atoms with Crippen LogP contribution < -0.4 is 10.7 Å². The molecule has 0 unspecified atom stereocenters. The number of hydrogen-bond acceptors (Lipinski definition) is 3. The van der Waals surface area contributed by atoms with Gasteiger partial charge in [0.05, 0.1) is 6.21 Å². The third-order valence-electron chi connectivity index (χ3n) is 3.54. The number of nitrogens with one attached hydrogen (secondary N) is 2. The minimum absolute atomic E-state index is 0.0765. The van der Waals surface area contributed by atoms with Crippen LogP contribution in [0.5, 0.6) is 0 Å². The molecular weight excluding hydrogens is 314 g/mol. The Morgan fingerprint density at radius 3 is 2.12 bits per heavy atom. The van der Waals surface area contributed by atoms with Gasteiger partial charge in [-0.05, 0) is 36.8 Å². The van der Waals surface area contributed by atoms with Crippen molar-refractivity contribution in [2.45, 2.75) is 27.7 Å². The maximum atomic E-state index is 12.1. The summed E-state index contributed by atoms with van der Waals surface area (Å²) in [5.74, 6) is -0.385. The molecule has 0 heterocycles. The first kappa shape index (κ1) is 18.4. The Balaban J connectivity index is 1.94. The number of carbonyl (C=O) groups excluding carboxylic acids is 2. The third-order valence-corrected chi connectivity index (χ3v) is 3.54. The molecule has 25 heavy (non-hydrogen) atoms. The molecule has 0 radical (unpaired) electrons. The molecule has 0 spiro atoms. The van der Waals surface area contributed by atoms with Crippen LogP contribution in [0.2, 0.25) is 0 Å². The van der Waals surface area contributed by atoms with Crippen molar-refractivity contribution in [2.24, 2.45) is 10.5 Å². The van der Waals surface area contributed by atoms with Crippen LogP contribution in [0.15, 0.2) is 53.6 Å². The van der Waals surface area contributed by atoms with Crippen molar-refractivity contribution in [3.05, 3.63) is 65.2 Å². The zero-order valence-electron chi connectivity index (χ0n) is 15.0. The molecule has 130 valence electrons. The minimum Gasteiger partial charge on any atom is -0.326 e. The van der Waals surface area contributed by atoms with Gasteiger partial charge in [-0.1, -0.05) is 50.6 Å². The second-order valence-corrected chi connectivity index (χ2v) is 6.89. The lowest BCUT2D eigenvalue weighted by Crippen LogP contribution is -2.27. The number of amides is 2. The van der Waals surface area contributed by atoms with Crippen LogP contribution in [0.1, 0.15) is 42.3 Å². The predicted octanol–water partition coefficient (Wildman–Crippen LogP) is 3.74. The van der Waals surface area contributed by atoms with Crippen LogP contribution in [0.3, 0.4) is 0 Å². The van der Waals surface area contributed by atoms with Crippen molar-refractivity contribution in [3.63, 3.8) is 0 Å². The van der Waals surface area contributed by atoms with Crippen LogP contribution in [0.4, 0.5) is 5.69 Å². The molecule has 0 aliphatic heterocycles. The van der Waals surface area contributed by atoms with Gasteiger partial charge in [-0.2, -0.15) is 5.10 Å². The van der Waals surface area contributed by atoms with Crippen molar-refractivity contribution < 1.29 is 9.59 Å². The number of rotatable bonds is 4. The number of nitrogens with zero attached hydrogens (tertiary/aromatic N) is 1. The highest BCUT2D eigenvalue weighted by molar-refractivity contribution is 5.97. The monoisotopic (exact) mass is 337 g/mol. The first-order chi connectivity index (χ1) is 11.8. The molecule has 0 saturated carbocycles. The lowest BCUT2D eigenvalue weighted by molar-refractivity contribution is -0.123. The number of aryl methyl sites for hydroxylation is 1. The highest BCUT2D eigenvalue weighted by Gasteiger charge is 2.21. The van der Waals surface area contributed by atoms with Crippen molar-refractivity contribution in [2.75, 3.05) is 5.32 Å². The highest BCUT2D eigenvalue weighted by atomic mass is 16.2. The Kier molecular flexibility index (Phi) is 5.70. The normalized spacial score (nSPS) is 11.4. The molecule has 0 aromatic heterocycles. The number of carbonyl (C=O) groups is 2. The zero-order valence-corrected chi connectivity index (χ0v) is 15.0. The molecule has 0 saturated heterocycles. The SMILES string of the molecule is Cc1ccc(/C=N\NC(=O)c2ccc(NC(=O)C(C)(C)C)cc2)cc1. The maximum Gasteiger partial charge on any atom is 0.271 e. The lowest BCUT2D eigenvalue weighted by atomic mass is 9.95. The van der Waals surface area contributed by atoms with Gasteiger partial charge in [-0.25, -0.2) is 5.43 Å². The van der Waals surface area contributed by atoms with Crippen LogP contribution >= 0.6 is 0 Å². The molecule has 0 aliphatic carbocycles. The van der Waals surface area contributed by atoms with E-state index in [0.29, 0.717) is 11.3 Å². The van der Waals surface area contributed by atoms with Gasteiger partial charge in [0, 0.05) is 16.7 Å². The summed E-state index contributed by atoms with van der Waals surface area (Å²) in [6.07, 6.45) is 1.59. The summed E-state index contributed by atoms with van der Waals surface area (Å²) >= 11 is 0. The first-order valence-electron chi connectivity index (χ1n) is 8.07. The van der Waals surface area contributed by atoms with Crippen LogP contribution in [0, 0.1) is 12.3 Å². The van der Waals surface area contributed by atoms with Crippen LogP contribution in [-0.2, 0) is 4.79 Å². The quantitative estimate of drug-likeness (QED) is 0.659. The molecule has 2 aromatic carbocycles. The van der Waals surface area contributed by atoms with E-state index >= 15 is 0 Å². The molecule has 0 aliphatic rings. The van der Waals surface area contributed by atoms with Crippen molar-refractivity contribution in [3.8, 4) is 0 Å². The summed E-state index contributed by atoms with van der Waals surface area (Å²) in [5.41, 5.74) is 5.21. The second-order valence-electron chi connectivity index (χ2n) is 6.89. The molecule has 0 fully saturated rings. The summed E-state index contributed by atoms with van der Waals surface area (Å²) < 4.78 is 0. The van der Waals surface area contributed by atoms with Crippen LogP contribution in [-0.4, -0.2) is 18.0 Å². The maximum absolute atomic E-state index is 12.1. The fraction of sp³-hybridized carbons (Fsp3) is 0.250. The minimum atomic E-state index is -0.471. The highest BCUT2D eigenvalue weighted by Crippen LogP contribution is 2.17. The molecule has 0 atom stereocenters. The van der Waals surface area contributed by atoms with Crippen molar-refractivity contribution in [1.29, 1.82) is 0 Å². The molecule has 2 aromatic rings. The lowest BCUT2D eigenvalue weighted by Gasteiger charge is -2.17. The number of anilines is 1. The number of hydrogen-bond donors (Lipinski definition) is 2. The van der Waals surface area contributed by atoms with Gasteiger partial charge in [-0.15, -0.1) is 0 Å². The number of benzene rings is 2.